The summed E-state index contributed by atoms with van der Waals surface area (Å²) in [5.74, 6) is -1.09. The zero-order valence-electron chi connectivity index (χ0n) is 20.5. The molecule has 2 aromatic heterocycles. The van der Waals surface area contributed by atoms with Gasteiger partial charge in [0.05, 0.1) is 27.9 Å². The average Bonchev–Trinajstić information content (AvgIpc) is 3.19. The molecule has 0 unspecified atom stereocenters. The molecule has 37 heavy (non-hydrogen) atoms. The first-order chi connectivity index (χ1) is 17.2. The number of pyridine rings is 1. The first-order valence-electron chi connectivity index (χ1n) is 11.1. The van der Waals surface area contributed by atoms with Gasteiger partial charge in [-0.3, -0.25) is 0 Å². The van der Waals surface area contributed by atoms with Gasteiger partial charge in [-0.05, 0) is 42.1 Å². The summed E-state index contributed by atoms with van der Waals surface area (Å²) in [5.41, 5.74) is 2.11. The van der Waals surface area contributed by atoms with Gasteiger partial charge in [-0.2, -0.15) is 0 Å². The normalized spacial score (nSPS) is 11.4. The van der Waals surface area contributed by atoms with E-state index in [2.05, 4.69) is 4.98 Å². The topological polar surface area (TPSA) is 95.3 Å². The van der Waals surface area contributed by atoms with Crippen molar-refractivity contribution in [2.45, 2.75) is 18.4 Å². The van der Waals surface area contributed by atoms with Crippen LogP contribution in [0.4, 0.5) is 5.82 Å². The maximum absolute atomic E-state index is 14.0. The third kappa shape index (κ3) is 4.87. The van der Waals surface area contributed by atoms with Gasteiger partial charge in [-0.25, -0.2) is 17.7 Å². The number of carbonyl (C=O) groups excluding carboxylic acids is 1. The van der Waals surface area contributed by atoms with Gasteiger partial charge in [0, 0.05) is 35.3 Å². The molecule has 0 radical (unpaired) electrons. The molecule has 0 saturated heterocycles. The van der Waals surface area contributed by atoms with Crippen molar-refractivity contribution in [3.8, 4) is 0 Å². The Morgan fingerprint density at radius 1 is 1.03 bits per heavy atom. The molecule has 0 spiro atoms. The van der Waals surface area contributed by atoms with E-state index in [1.54, 1.807) is 12.3 Å². The van der Waals surface area contributed by atoms with Gasteiger partial charge in [0.25, 0.3) is 10.0 Å². The van der Waals surface area contributed by atoms with Crippen LogP contribution in [-0.4, -0.2) is 23.9 Å². The molecule has 0 atom stereocenters. The first kappa shape index (κ1) is 27.2. The predicted octanol–water partition coefficient (Wildman–Crippen LogP) is 1.45. The van der Waals surface area contributed by atoms with Crippen molar-refractivity contribution in [2.75, 3.05) is 4.31 Å². The molecule has 3 aromatic carbocycles. The molecule has 0 N–H and O–H groups in total. The molecule has 0 amide bonds. The van der Waals surface area contributed by atoms with Gasteiger partial charge in [-0.15, -0.1) is 0 Å². The van der Waals surface area contributed by atoms with Crippen molar-refractivity contribution < 1.29 is 47.9 Å². The number of fused-ring (bicyclic) bond motifs is 2. The maximum atomic E-state index is 14.0. The fraction of sp³-hybridized carbons (Fsp3) is 0.111. The fourth-order valence-electron chi connectivity index (χ4n) is 4.44. The Morgan fingerprint density at radius 3 is 2.38 bits per heavy atom. The maximum Gasteiger partial charge on any atom is 1.00 e. The van der Waals surface area contributed by atoms with E-state index in [0.29, 0.717) is 16.3 Å². The molecule has 0 aliphatic carbocycles. The van der Waals surface area contributed by atoms with E-state index < -0.39 is 16.0 Å². The van der Waals surface area contributed by atoms with Gasteiger partial charge in [0.2, 0.25) is 0 Å². The monoisotopic (exact) mass is 541 g/mol. The van der Waals surface area contributed by atoms with E-state index in [9.17, 15) is 18.3 Å². The van der Waals surface area contributed by atoms with Gasteiger partial charge in [-0.1, -0.05) is 60.1 Å². The van der Waals surface area contributed by atoms with E-state index in [1.165, 1.54) is 28.6 Å². The van der Waals surface area contributed by atoms with E-state index >= 15 is 0 Å². The number of aryl methyl sites for hydroxylation is 2. The predicted molar refractivity (Wildman–Crippen MR) is 139 cm³/mol. The number of halogens is 1. The SMILES string of the molecule is Cc1c(N(Cc2cc3cccc(Cl)c3n2C)S(=O)(=O)c2ccc(C(=O)[O-])cc2)ncc2ccccc12.[Na+]. The van der Waals surface area contributed by atoms with Crippen LogP contribution < -0.4 is 39.0 Å². The van der Waals surface area contributed by atoms with Gasteiger partial charge >= 0.3 is 29.6 Å². The summed E-state index contributed by atoms with van der Waals surface area (Å²) in [6, 6.07) is 20.1. The number of carboxylic acid groups (broad SMARTS) is 1. The van der Waals surface area contributed by atoms with Crippen molar-refractivity contribution in [2.24, 2.45) is 7.05 Å². The molecule has 0 aliphatic heterocycles. The molecule has 0 aliphatic rings. The van der Waals surface area contributed by atoms with Crippen molar-refractivity contribution in [1.82, 2.24) is 9.55 Å². The minimum absolute atomic E-state index is 0. The molecule has 0 saturated carbocycles. The number of rotatable bonds is 6. The molecule has 0 bridgehead atoms. The summed E-state index contributed by atoms with van der Waals surface area (Å²) < 4.78 is 31.1. The second kappa shape index (κ2) is 10.5. The Morgan fingerprint density at radius 2 is 1.70 bits per heavy atom. The van der Waals surface area contributed by atoms with Crippen molar-refractivity contribution in [3.05, 3.63) is 101 Å². The van der Waals surface area contributed by atoms with Crippen LogP contribution in [0, 0.1) is 6.92 Å². The molecule has 5 aromatic rings. The van der Waals surface area contributed by atoms with Crippen LogP contribution in [-0.2, 0) is 23.6 Å². The number of hydrogen-bond acceptors (Lipinski definition) is 5. The summed E-state index contributed by atoms with van der Waals surface area (Å²) in [5, 5.41) is 14.4. The molecular weight excluding hydrogens is 521 g/mol. The third-order valence-corrected chi connectivity index (χ3v) is 8.41. The van der Waals surface area contributed by atoms with Crippen molar-refractivity contribution in [3.63, 3.8) is 0 Å². The number of benzene rings is 3. The molecule has 0 fully saturated rings. The molecule has 10 heteroatoms. The van der Waals surface area contributed by atoms with Gasteiger partial charge in [0.1, 0.15) is 5.82 Å². The summed E-state index contributed by atoms with van der Waals surface area (Å²) in [7, 11) is -2.30. The van der Waals surface area contributed by atoms with E-state index in [4.69, 9.17) is 11.6 Å². The Bertz CT molecular complexity index is 1750. The summed E-state index contributed by atoms with van der Waals surface area (Å²) in [4.78, 5) is 15.7. The third-order valence-electron chi connectivity index (χ3n) is 6.35. The van der Waals surface area contributed by atoms with Crippen LogP contribution in [0.1, 0.15) is 21.6 Å². The standard InChI is InChI=1S/C27H22ClN3O4S.Na/c1-17-23-8-4-3-6-20(23)15-29-26(17)31(36(34,35)22-12-10-18(11-13-22)27(32)33)16-21-14-19-7-5-9-24(28)25(19)30(21)2;/h3-15H,16H2,1-2H3,(H,32,33);/q;+1/p-1. The van der Waals surface area contributed by atoms with Crippen LogP contribution in [0.15, 0.2) is 83.9 Å². The van der Waals surface area contributed by atoms with Crippen LogP contribution in [0.5, 0.6) is 0 Å². The van der Waals surface area contributed by atoms with Gasteiger partial charge < -0.3 is 14.5 Å². The number of anilines is 1. The Labute approximate surface area is 241 Å². The fourth-order valence-corrected chi connectivity index (χ4v) is 6.19. The molecule has 2 heterocycles. The van der Waals surface area contributed by atoms with E-state index in [1.807, 2.05) is 61.0 Å². The Balaban J connectivity index is 0.00000320. The minimum Gasteiger partial charge on any atom is -0.545 e. The number of para-hydroxylation sites is 1. The van der Waals surface area contributed by atoms with Crippen molar-refractivity contribution in [1.29, 1.82) is 0 Å². The van der Waals surface area contributed by atoms with Crippen LogP contribution in [0.25, 0.3) is 21.7 Å². The smallest absolute Gasteiger partial charge is 0.545 e. The summed E-state index contributed by atoms with van der Waals surface area (Å²) >= 11 is 6.43. The quantitative estimate of drug-likeness (QED) is 0.303. The zero-order chi connectivity index (χ0) is 25.6. The number of carbonyl (C=O) groups is 1. The molecular formula is C27H21ClN3NaO4S. The second-order valence-corrected chi connectivity index (χ2v) is 10.8. The van der Waals surface area contributed by atoms with E-state index in [-0.39, 0.29) is 52.4 Å². The average molecular weight is 542 g/mol. The Kier molecular flexibility index (Phi) is 7.69. The van der Waals surface area contributed by atoms with Crippen molar-refractivity contribution >= 4 is 55.1 Å². The van der Waals surface area contributed by atoms with Crippen LogP contribution in [0.3, 0.4) is 0 Å². The number of aromatic nitrogens is 2. The number of hydrogen-bond donors (Lipinski definition) is 0. The number of aromatic carboxylic acids is 1. The summed E-state index contributed by atoms with van der Waals surface area (Å²) in [6.07, 6.45) is 1.65. The molecule has 7 nitrogen and oxygen atoms in total. The van der Waals surface area contributed by atoms with Crippen LogP contribution >= 0.6 is 11.6 Å². The Hall–Kier alpha value is -2.88. The van der Waals surface area contributed by atoms with E-state index in [0.717, 1.165) is 21.7 Å². The zero-order valence-corrected chi connectivity index (χ0v) is 24.0. The first-order valence-corrected chi connectivity index (χ1v) is 12.9. The minimum atomic E-state index is -4.14. The molecule has 182 valence electrons. The second-order valence-electron chi connectivity index (χ2n) is 8.49. The largest absolute Gasteiger partial charge is 1.00 e. The number of sulfonamides is 1. The van der Waals surface area contributed by atoms with Crippen LogP contribution in [0.2, 0.25) is 5.02 Å². The number of nitrogens with zero attached hydrogens (tertiary/aromatic N) is 3. The number of carboxylic acids is 1. The van der Waals surface area contributed by atoms with Gasteiger partial charge in [0.15, 0.2) is 0 Å². The summed E-state index contributed by atoms with van der Waals surface area (Å²) in [6.45, 7) is 1.82. The molecule has 5 rings (SSSR count).